The number of hydrogen-bond donors (Lipinski definition) is 0. The molecule has 0 spiro atoms. The highest BCUT2D eigenvalue weighted by molar-refractivity contribution is 5.89. The van der Waals surface area contributed by atoms with Crippen molar-refractivity contribution >= 4 is 28.6 Å². The van der Waals surface area contributed by atoms with E-state index in [2.05, 4.69) is 20.0 Å². The molecule has 5 heterocycles. The topological polar surface area (TPSA) is 85.5 Å². The van der Waals surface area contributed by atoms with Crippen LogP contribution in [0.4, 0.5) is 24.7 Å². The van der Waals surface area contributed by atoms with Gasteiger partial charge < -0.3 is 9.64 Å². The first-order chi connectivity index (χ1) is 14.9. The minimum atomic E-state index is -4.43. The Labute approximate surface area is 174 Å². The maximum Gasteiger partial charge on any atom is 0.408 e. The first kappa shape index (κ1) is 19.7. The average molecular weight is 430 g/mol. The molecule has 160 valence electrons. The van der Waals surface area contributed by atoms with E-state index in [9.17, 15) is 18.0 Å². The zero-order valence-corrected chi connectivity index (χ0v) is 16.2. The van der Waals surface area contributed by atoms with Crippen molar-refractivity contribution in [2.75, 3.05) is 18.1 Å². The van der Waals surface area contributed by atoms with Crippen molar-refractivity contribution in [1.82, 2.24) is 19.7 Å². The van der Waals surface area contributed by atoms with E-state index < -0.39 is 12.7 Å². The van der Waals surface area contributed by atoms with Gasteiger partial charge in [0.1, 0.15) is 12.4 Å². The van der Waals surface area contributed by atoms with Gasteiger partial charge in [-0.1, -0.05) is 0 Å². The zero-order valence-electron chi connectivity index (χ0n) is 16.2. The van der Waals surface area contributed by atoms with Crippen molar-refractivity contribution in [2.24, 2.45) is 4.99 Å². The lowest BCUT2D eigenvalue weighted by atomic mass is 9.97. The van der Waals surface area contributed by atoms with Crippen LogP contribution in [0.1, 0.15) is 12.8 Å². The van der Waals surface area contributed by atoms with Crippen LogP contribution in [-0.2, 0) is 16.1 Å². The second-order valence-corrected chi connectivity index (χ2v) is 7.61. The summed E-state index contributed by atoms with van der Waals surface area (Å²) in [5, 5.41) is 4.42. The monoisotopic (exact) mass is 430 g/mol. The molecule has 8 nitrogen and oxygen atoms in total. The third-order valence-corrected chi connectivity index (χ3v) is 5.56. The highest BCUT2D eigenvalue weighted by Gasteiger charge is 2.37. The summed E-state index contributed by atoms with van der Waals surface area (Å²) in [6.45, 7) is -0.0667. The van der Waals surface area contributed by atoms with Gasteiger partial charge in [-0.3, -0.25) is 0 Å². The van der Waals surface area contributed by atoms with Crippen LogP contribution in [0.15, 0.2) is 35.5 Å². The molecule has 0 saturated carbocycles. The Hall–Kier alpha value is -3.30. The molecule has 0 amide bonds. The van der Waals surface area contributed by atoms with Crippen LogP contribution in [0.2, 0.25) is 0 Å². The summed E-state index contributed by atoms with van der Waals surface area (Å²) >= 11 is 0. The van der Waals surface area contributed by atoms with E-state index >= 15 is 0 Å². The highest BCUT2D eigenvalue weighted by atomic mass is 19.4. The number of aromatic nitrogens is 4. The van der Waals surface area contributed by atoms with Crippen molar-refractivity contribution < 1.29 is 22.7 Å². The Morgan fingerprint density at radius 1 is 1.19 bits per heavy atom. The molecule has 11 heteroatoms. The number of hydrogen-bond acceptors (Lipinski definition) is 7. The number of piperidine rings is 1. The molecule has 0 radical (unpaired) electrons. The minimum Gasteiger partial charge on any atom is -0.374 e. The number of fused-ring (bicyclic) bond motifs is 4. The standard InChI is InChI=1S/C20H17F3N6O2/c21-20(22,23)10-29-19-16(7-25-29)18(28-8-15-6-5-14(28)9-31-15)26-17(27-19)12-1-3-13(4-2-12)24-11-30/h1-4,7,14-15H,5-6,8-10H2. The van der Waals surface area contributed by atoms with E-state index in [4.69, 9.17) is 9.72 Å². The maximum atomic E-state index is 13.1. The van der Waals surface area contributed by atoms with E-state index in [1.165, 1.54) is 12.3 Å². The van der Waals surface area contributed by atoms with Crippen molar-refractivity contribution in [2.45, 2.75) is 37.7 Å². The molecule has 3 fully saturated rings. The van der Waals surface area contributed by atoms with Gasteiger partial charge in [-0.2, -0.15) is 23.3 Å². The number of morpholine rings is 1. The number of ether oxygens (including phenoxy) is 1. The molecule has 31 heavy (non-hydrogen) atoms. The predicted octanol–water partition coefficient (Wildman–Crippen LogP) is 3.39. The molecule has 3 aromatic rings. The number of nitrogens with zero attached hydrogens (tertiary/aromatic N) is 6. The summed E-state index contributed by atoms with van der Waals surface area (Å²) in [6, 6.07) is 6.62. The number of halogens is 3. The lowest BCUT2D eigenvalue weighted by Crippen LogP contribution is -2.55. The number of alkyl halides is 3. The molecule has 2 bridgehead atoms. The van der Waals surface area contributed by atoms with Crippen LogP contribution in [0.25, 0.3) is 22.4 Å². The van der Waals surface area contributed by atoms with Gasteiger partial charge in [-0.25, -0.2) is 19.4 Å². The Bertz CT molecular complexity index is 1160. The quantitative estimate of drug-likeness (QED) is 0.466. The summed E-state index contributed by atoms with van der Waals surface area (Å²) in [5.41, 5.74) is 1.12. The van der Waals surface area contributed by atoms with E-state index in [-0.39, 0.29) is 23.6 Å². The average Bonchev–Trinajstić information content (AvgIpc) is 3.16. The minimum absolute atomic E-state index is 0.0733. The smallest absolute Gasteiger partial charge is 0.374 e. The fourth-order valence-electron chi connectivity index (χ4n) is 4.12. The summed E-state index contributed by atoms with van der Waals surface area (Å²) in [4.78, 5) is 25.2. The fraction of sp³-hybridized carbons (Fsp3) is 0.400. The number of benzene rings is 1. The number of rotatable bonds is 4. The largest absolute Gasteiger partial charge is 0.408 e. The lowest BCUT2D eigenvalue weighted by Gasteiger charge is -2.45. The Kier molecular flexibility index (Phi) is 4.71. The van der Waals surface area contributed by atoms with Crippen LogP contribution < -0.4 is 4.90 Å². The highest BCUT2D eigenvalue weighted by Crippen LogP contribution is 2.35. The van der Waals surface area contributed by atoms with Gasteiger partial charge in [0.05, 0.1) is 36.0 Å². The second kappa shape index (κ2) is 7.44. The van der Waals surface area contributed by atoms with Crippen LogP contribution in [0.5, 0.6) is 0 Å². The third-order valence-electron chi connectivity index (χ3n) is 5.56. The first-order valence-electron chi connectivity index (χ1n) is 9.78. The van der Waals surface area contributed by atoms with Gasteiger partial charge in [-0.15, -0.1) is 0 Å². The number of isocyanates is 1. The van der Waals surface area contributed by atoms with E-state index in [1.54, 1.807) is 24.3 Å². The van der Waals surface area contributed by atoms with Gasteiger partial charge in [0.15, 0.2) is 11.5 Å². The number of aliphatic imine (C=N–C) groups is 1. The molecule has 3 aliphatic rings. The van der Waals surface area contributed by atoms with Crippen LogP contribution >= 0.6 is 0 Å². The summed E-state index contributed by atoms with van der Waals surface area (Å²) < 4.78 is 45.9. The fourth-order valence-corrected chi connectivity index (χ4v) is 4.12. The second-order valence-electron chi connectivity index (χ2n) is 7.61. The normalized spacial score (nSPS) is 20.8. The molecule has 6 rings (SSSR count). The Balaban J connectivity index is 1.65. The number of anilines is 1. The van der Waals surface area contributed by atoms with Gasteiger partial charge in [-0.05, 0) is 37.1 Å². The van der Waals surface area contributed by atoms with Gasteiger partial charge in [0.2, 0.25) is 6.08 Å². The van der Waals surface area contributed by atoms with Crippen LogP contribution in [0.3, 0.4) is 0 Å². The molecule has 2 atom stereocenters. The molecular formula is C20H17F3N6O2. The maximum absolute atomic E-state index is 13.1. The van der Waals surface area contributed by atoms with Crippen LogP contribution in [0, 0.1) is 0 Å². The van der Waals surface area contributed by atoms with E-state index in [0.29, 0.717) is 35.6 Å². The van der Waals surface area contributed by atoms with Crippen molar-refractivity contribution in [3.63, 3.8) is 0 Å². The molecule has 1 aromatic carbocycles. The van der Waals surface area contributed by atoms with E-state index in [1.807, 2.05) is 0 Å². The first-order valence-corrected chi connectivity index (χ1v) is 9.78. The molecule has 2 unspecified atom stereocenters. The molecule has 3 saturated heterocycles. The van der Waals surface area contributed by atoms with Crippen molar-refractivity contribution in [3.8, 4) is 11.4 Å². The Morgan fingerprint density at radius 3 is 2.61 bits per heavy atom. The van der Waals surface area contributed by atoms with Crippen molar-refractivity contribution in [3.05, 3.63) is 30.5 Å². The summed E-state index contributed by atoms with van der Waals surface area (Å²) in [7, 11) is 0. The summed E-state index contributed by atoms with van der Waals surface area (Å²) in [5.74, 6) is 0.830. The van der Waals surface area contributed by atoms with Crippen molar-refractivity contribution in [1.29, 1.82) is 0 Å². The number of carbonyl (C=O) groups excluding carboxylic acids is 1. The van der Waals surface area contributed by atoms with Crippen LogP contribution in [-0.4, -0.2) is 57.3 Å². The van der Waals surface area contributed by atoms with Gasteiger partial charge in [0.25, 0.3) is 0 Å². The summed E-state index contributed by atoms with van der Waals surface area (Å²) in [6.07, 6.45) is 0.385. The zero-order chi connectivity index (χ0) is 21.6. The van der Waals surface area contributed by atoms with E-state index in [0.717, 1.165) is 17.5 Å². The predicted molar refractivity (Wildman–Crippen MR) is 105 cm³/mol. The van der Waals surface area contributed by atoms with Gasteiger partial charge in [0, 0.05) is 12.1 Å². The Morgan fingerprint density at radius 2 is 2.00 bits per heavy atom. The molecule has 3 aliphatic heterocycles. The molecule has 0 aliphatic carbocycles. The van der Waals surface area contributed by atoms with Gasteiger partial charge >= 0.3 is 6.18 Å². The molecular weight excluding hydrogens is 413 g/mol. The third kappa shape index (κ3) is 3.77. The lowest BCUT2D eigenvalue weighted by molar-refractivity contribution is -0.141. The SMILES string of the molecule is O=C=Nc1ccc(-c2nc(N3CC4CCC3CO4)c3cnn(CC(F)(F)F)c3n2)cc1. The molecule has 0 N–H and O–H groups in total. The molecule has 2 aromatic heterocycles.